The normalized spacial score (nSPS) is 16.6. The molecule has 0 bridgehead atoms. The van der Waals surface area contributed by atoms with Crippen molar-refractivity contribution in [2.24, 2.45) is 0 Å². The number of hydrogen-bond acceptors (Lipinski definition) is 8. The number of rotatable bonds is 6. The summed E-state index contributed by atoms with van der Waals surface area (Å²) in [5, 5.41) is 10.5. The first kappa shape index (κ1) is 18.1. The topological polar surface area (TPSA) is 74.2 Å². The molecule has 2 aromatic heterocycles. The first-order valence-corrected chi connectivity index (χ1v) is 9.96. The third-order valence-electron chi connectivity index (χ3n) is 4.09. The number of amides is 1. The van der Waals surface area contributed by atoms with Crippen molar-refractivity contribution in [1.82, 2.24) is 25.4 Å². The molecule has 9 heteroatoms. The number of nitrogens with zero attached hydrogens (tertiary/aromatic N) is 5. The van der Waals surface area contributed by atoms with Crippen molar-refractivity contribution in [3.63, 3.8) is 0 Å². The van der Waals surface area contributed by atoms with Crippen molar-refractivity contribution in [3.8, 4) is 0 Å². The van der Waals surface area contributed by atoms with Gasteiger partial charge in [0.25, 0.3) is 0 Å². The SMILES string of the molecule is C[C@@H](Sc1nncs1)C(=O)NCc1ccc(N2CCN(C)CC2)nc1. The third-order valence-corrected chi connectivity index (χ3v) is 6.00. The monoisotopic (exact) mass is 378 g/mol. The molecule has 1 atom stereocenters. The molecule has 0 aromatic carbocycles. The van der Waals surface area contributed by atoms with Gasteiger partial charge in [0, 0.05) is 38.9 Å². The summed E-state index contributed by atoms with van der Waals surface area (Å²) in [6.45, 7) is 6.47. The highest BCUT2D eigenvalue weighted by Gasteiger charge is 2.17. The first-order valence-electron chi connectivity index (χ1n) is 8.21. The summed E-state index contributed by atoms with van der Waals surface area (Å²) < 4.78 is 0.806. The molecule has 0 saturated carbocycles. The van der Waals surface area contributed by atoms with Gasteiger partial charge in [0.05, 0.1) is 5.25 Å². The zero-order valence-electron chi connectivity index (χ0n) is 14.4. The van der Waals surface area contributed by atoms with Crippen LogP contribution in [-0.4, -0.2) is 64.5 Å². The number of carbonyl (C=O) groups is 1. The van der Waals surface area contributed by atoms with Crippen molar-refractivity contribution < 1.29 is 4.79 Å². The van der Waals surface area contributed by atoms with Crippen LogP contribution in [0.4, 0.5) is 5.82 Å². The Hall–Kier alpha value is -1.71. The highest BCUT2D eigenvalue weighted by Crippen LogP contribution is 2.24. The van der Waals surface area contributed by atoms with Crippen molar-refractivity contribution in [2.75, 3.05) is 38.1 Å². The Balaban J connectivity index is 1.47. The minimum atomic E-state index is -0.203. The van der Waals surface area contributed by atoms with E-state index in [9.17, 15) is 4.79 Å². The van der Waals surface area contributed by atoms with Gasteiger partial charge in [-0.1, -0.05) is 29.2 Å². The lowest BCUT2D eigenvalue weighted by Crippen LogP contribution is -2.44. The predicted molar refractivity (Wildman–Crippen MR) is 101 cm³/mol. The van der Waals surface area contributed by atoms with Gasteiger partial charge in [0.2, 0.25) is 5.91 Å². The van der Waals surface area contributed by atoms with Crippen molar-refractivity contribution in [2.45, 2.75) is 23.1 Å². The molecule has 0 aliphatic carbocycles. The maximum Gasteiger partial charge on any atom is 0.233 e. The van der Waals surface area contributed by atoms with Gasteiger partial charge in [-0.25, -0.2) is 4.98 Å². The highest BCUT2D eigenvalue weighted by atomic mass is 32.2. The highest BCUT2D eigenvalue weighted by molar-refractivity contribution is 8.02. The minimum absolute atomic E-state index is 0.0108. The molecule has 1 fully saturated rings. The Bertz CT molecular complexity index is 670. The lowest BCUT2D eigenvalue weighted by Gasteiger charge is -2.33. The molecule has 0 unspecified atom stereocenters. The molecule has 1 saturated heterocycles. The fourth-order valence-corrected chi connectivity index (χ4v) is 4.15. The number of piperazine rings is 1. The Kier molecular flexibility index (Phi) is 6.22. The van der Waals surface area contributed by atoms with Crippen LogP contribution in [0.2, 0.25) is 0 Å². The van der Waals surface area contributed by atoms with Gasteiger partial charge in [-0.2, -0.15) is 0 Å². The second-order valence-corrected chi connectivity index (χ2v) is 8.42. The molecule has 134 valence electrons. The van der Waals surface area contributed by atoms with Crippen LogP contribution in [0.1, 0.15) is 12.5 Å². The predicted octanol–water partition coefficient (Wildman–Crippen LogP) is 1.48. The number of aromatic nitrogens is 3. The van der Waals surface area contributed by atoms with Gasteiger partial charge in [-0.3, -0.25) is 4.79 Å². The smallest absolute Gasteiger partial charge is 0.233 e. The van der Waals surface area contributed by atoms with Gasteiger partial charge in [-0.15, -0.1) is 10.2 Å². The number of pyridine rings is 1. The molecule has 1 aliphatic heterocycles. The average molecular weight is 379 g/mol. The van der Waals surface area contributed by atoms with Gasteiger partial charge >= 0.3 is 0 Å². The number of carbonyl (C=O) groups excluding carboxylic acids is 1. The summed E-state index contributed by atoms with van der Waals surface area (Å²) in [6.07, 6.45) is 1.84. The Morgan fingerprint density at radius 3 is 2.80 bits per heavy atom. The molecule has 1 N–H and O–H groups in total. The van der Waals surface area contributed by atoms with E-state index < -0.39 is 0 Å². The number of thioether (sulfide) groups is 1. The molecular weight excluding hydrogens is 356 g/mol. The Morgan fingerprint density at radius 2 is 2.16 bits per heavy atom. The van der Waals surface area contributed by atoms with Crippen molar-refractivity contribution in [3.05, 3.63) is 29.4 Å². The zero-order chi connectivity index (χ0) is 17.6. The fourth-order valence-electron chi connectivity index (χ4n) is 2.50. The number of nitrogens with one attached hydrogen (secondary N) is 1. The largest absolute Gasteiger partial charge is 0.354 e. The van der Waals surface area contributed by atoms with Crippen LogP contribution in [0.3, 0.4) is 0 Å². The lowest BCUT2D eigenvalue weighted by atomic mass is 10.2. The van der Waals surface area contributed by atoms with E-state index in [0.717, 1.165) is 41.9 Å². The molecule has 3 heterocycles. The minimum Gasteiger partial charge on any atom is -0.354 e. The summed E-state index contributed by atoms with van der Waals surface area (Å²) in [5.74, 6) is 0.992. The summed E-state index contributed by atoms with van der Waals surface area (Å²) in [4.78, 5) is 21.3. The van der Waals surface area contributed by atoms with Gasteiger partial charge in [0.15, 0.2) is 4.34 Å². The van der Waals surface area contributed by atoms with E-state index in [0.29, 0.717) is 6.54 Å². The molecule has 1 aliphatic rings. The molecule has 7 nitrogen and oxygen atoms in total. The maximum absolute atomic E-state index is 12.2. The van der Waals surface area contributed by atoms with Crippen LogP contribution < -0.4 is 10.2 Å². The molecule has 25 heavy (non-hydrogen) atoms. The van der Waals surface area contributed by atoms with E-state index in [2.05, 4.69) is 37.3 Å². The number of likely N-dealkylation sites (N-methyl/N-ethyl adjacent to an activating group) is 1. The molecule has 0 spiro atoms. The van der Waals surface area contributed by atoms with Crippen LogP contribution in [0.25, 0.3) is 0 Å². The summed E-state index contributed by atoms with van der Waals surface area (Å²) in [5.41, 5.74) is 2.67. The Morgan fingerprint density at radius 1 is 1.36 bits per heavy atom. The third kappa shape index (κ3) is 5.13. The van der Waals surface area contributed by atoms with E-state index in [4.69, 9.17) is 0 Å². The average Bonchev–Trinajstić information content (AvgIpc) is 3.14. The number of hydrogen-bond donors (Lipinski definition) is 1. The fraction of sp³-hybridized carbons (Fsp3) is 0.500. The molecule has 1 amide bonds. The summed E-state index contributed by atoms with van der Waals surface area (Å²) in [7, 11) is 2.14. The van der Waals surface area contributed by atoms with Crippen LogP contribution in [0, 0.1) is 0 Å². The maximum atomic E-state index is 12.2. The van der Waals surface area contributed by atoms with Crippen LogP contribution in [-0.2, 0) is 11.3 Å². The van der Waals surface area contributed by atoms with Crippen LogP contribution >= 0.6 is 23.1 Å². The van der Waals surface area contributed by atoms with Crippen LogP contribution in [0.15, 0.2) is 28.2 Å². The van der Waals surface area contributed by atoms with Crippen LogP contribution in [0.5, 0.6) is 0 Å². The second kappa shape index (κ2) is 8.59. The second-order valence-electron chi connectivity index (χ2n) is 6.00. The molecule has 2 aromatic rings. The van der Waals surface area contributed by atoms with E-state index >= 15 is 0 Å². The van der Waals surface area contributed by atoms with E-state index in [1.54, 1.807) is 5.51 Å². The van der Waals surface area contributed by atoms with E-state index in [1.807, 2.05) is 25.3 Å². The molecule has 3 rings (SSSR count). The summed E-state index contributed by atoms with van der Waals surface area (Å²) in [6, 6.07) is 4.07. The van der Waals surface area contributed by atoms with Crippen molar-refractivity contribution in [1.29, 1.82) is 0 Å². The van der Waals surface area contributed by atoms with Crippen molar-refractivity contribution >= 4 is 34.8 Å². The van der Waals surface area contributed by atoms with Gasteiger partial charge in [-0.05, 0) is 25.6 Å². The van der Waals surface area contributed by atoms with E-state index in [-0.39, 0.29) is 11.2 Å². The standard InChI is InChI=1S/C16H22N6OS2/c1-12(25-16-20-19-11-24-16)15(23)18-10-13-3-4-14(17-9-13)22-7-5-21(2)6-8-22/h3-4,9,11-12H,5-8,10H2,1-2H3,(H,18,23)/t12-/m1/s1. The zero-order valence-corrected chi connectivity index (χ0v) is 16.0. The Labute approximate surface area is 155 Å². The first-order chi connectivity index (χ1) is 12.1. The van der Waals surface area contributed by atoms with Gasteiger partial charge < -0.3 is 15.1 Å². The molecule has 0 radical (unpaired) electrons. The molecular formula is C16H22N6OS2. The quantitative estimate of drug-likeness (QED) is 0.763. The van der Waals surface area contributed by atoms with Gasteiger partial charge in [0.1, 0.15) is 11.3 Å². The van der Waals surface area contributed by atoms with E-state index in [1.165, 1.54) is 23.1 Å². The lowest BCUT2D eigenvalue weighted by molar-refractivity contribution is -0.120. The number of anilines is 1. The summed E-state index contributed by atoms with van der Waals surface area (Å²) >= 11 is 2.86.